The third kappa shape index (κ3) is 6.40. The van der Waals surface area contributed by atoms with Crippen LogP contribution in [0.25, 0.3) is 44.7 Å². The lowest BCUT2D eigenvalue weighted by Gasteiger charge is -2.24. The first kappa shape index (κ1) is 30.8. The highest BCUT2D eigenvalue weighted by Crippen LogP contribution is 2.39. The SMILES string of the molecule is CC1C=CC=C(c2nc(-c3ccccc3)nc(-c3ccc4ccccc4c3C3=CC(C)C(C(=N)/C=C\C(=N)c4ccccc4)C=C3)n2)C1. The molecule has 5 nitrogen and oxygen atoms in total. The molecule has 7 rings (SSSR count). The van der Waals surface area contributed by atoms with Crippen LogP contribution in [0.3, 0.4) is 0 Å². The predicted octanol–water partition coefficient (Wildman–Crippen LogP) is 10.2. The molecule has 48 heavy (non-hydrogen) atoms. The summed E-state index contributed by atoms with van der Waals surface area (Å²) in [4.78, 5) is 15.2. The van der Waals surface area contributed by atoms with E-state index in [0.29, 0.717) is 34.8 Å². The van der Waals surface area contributed by atoms with Crippen LogP contribution in [-0.2, 0) is 0 Å². The number of allylic oxidation sites excluding steroid dienone is 10. The van der Waals surface area contributed by atoms with Crippen molar-refractivity contribution >= 4 is 33.3 Å². The van der Waals surface area contributed by atoms with Gasteiger partial charge in [0.25, 0.3) is 0 Å². The van der Waals surface area contributed by atoms with Gasteiger partial charge in [0.1, 0.15) is 0 Å². The molecule has 1 aromatic heterocycles. The fourth-order valence-electron chi connectivity index (χ4n) is 6.51. The average Bonchev–Trinajstić information content (AvgIpc) is 3.13. The summed E-state index contributed by atoms with van der Waals surface area (Å²) in [6.07, 6.45) is 17.3. The number of aromatic nitrogens is 3. The maximum Gasteiger partial charge on any atom is 0.164 e. The van der Waals surface area contributed by atoms with Crippen molar-refractivity contribution < 1.29 is 0 Å². The van der Waals surface area contributed by atoms with E-state index in [2.05, 4.69) is 86.7 Å². The van der Waals surface area contributed by atoms with Gasteiger partial charge in [-0.1, -0.05) is 141 Å². The van der Waals surface area contributed by atoms with Gasteiger partial charge in [-0.3, -0.25) is 0 Å². The molecule has 1 heterocycles. The molecule has 0 bridgehead atoms. The minimum Gasteiger partial charge on any atom is -0.305 e. The van der Waals surface area contributed by atoms with Gasteiger partial charge in [-0.15, -0.1) is 0 Å². The van der Waals surface area contributed by atoms with Crippen molar-refractivity contribution in [3.05, 3.63) is 163 Å². The van der Waals surface area contributed by atoms with Crippen LogP contribution in [0.5, 0.6) is 0 Å². The van der Waals surface area contributed by atoms with E-state index in [4.69, 9.17) is 25.8 Å². The zero-order chi connectivity index (χ0) is 33.0. The predicted molar refractivity (Wildman–Crippen MR) is 199 cm³/mol. The highest BCUT2D eigenvalue weighted by Gasteiger charge is 2.24. The quantitative estimate of drug-likeness (QED) is 0.169. The molecular weight excluding hydrogens is 587 g/mol. The first-order chi connectivity index (χ1) is 23.4. The Kier molecular flexibility index (Phi) is 8.67. The van der Waals surface area contributed by atoms with Crippen molar-refractivity contribution in [2.24, 2.45) is 17.8 Å². The number of fused-ring (bicyclic) bond motifs is 1. The van der Waals surface area contributed by atoms with Crippen molar-refractivity contribution in [2.45, 2.75) is 20.3 Å². The van der Waals surface area contributed by atoms with E-state index in [9.17, 15) is 0 Å². The molecule has 2 aliphatic carbocycles. The summed E-state index contributed by atoms with van der Waals surface area (Å²) >= 11 is 0. The fraction of sp³-hybridized carbons (Fsp3) is 0.140. The zero-order valence-electron chi connectivity index (χ0n) is 27.1. The molecule has 0 spiro atoms. The van der Waals surface area contributed by atoms with Crippen molar-refractivity contribution in [3.63, 3.8) is 0 Å². The summed E-state index contributed by atoms with van der Waals surface area (Å²) in [7, 11) is 0. The summed E-state index contributed by atoms with van der Waals surface area (Å²) in [5.41, 5.74) is 6.86. The molecule has 0 amide bonds. The van der Waals surface area contributed by atoms with Crippen LogP contribution in [0.1, 0.15) is 37.2 Å². The Morgan fingerprint density at radius 3 is 2.21 bits per heavy atom. The number of benzene rings is 4. The molecule has 234 valence electrons. The second-order valence-corrected chi connectivity index (χ2v) is 12.6. The molecule has 3 unspecified atom stereocenters. The molecule has 0 saturated carbocycles. The van der Waals surface area contributed by atoms with E-state index < -0.39 is 0 Å². The van der Waals surface area contributed by atoms with Gasteiger partial charge in [0.15, 0.2) is 17.5 Å². The van der Waals surface area contributed by atoms with E-state index >= 15 is 0 Å². The molecule has 2 N–H and O–H groups in total. The number of hydrogen-bond donors (Lipinski definition) is 2. The minimum atomic E-state index is -0.103. The number of nitrogens with one attached hydrogen (secondary N) is 2. The Balaban J connectivity index is 1.30. The summed E-state index contributed by atoms with van der Waals surface area (Å²) in [6.45, 7) is 4.37. The Labute approximate surface area is 281 Å². The van der Waals surface area contributed by atoms with Gasteiger partial charge in [0, 0.05) is 28.3 Å². The summed E-state index contributed by atoms with van der Waals surface area (Å²) in [5, 5.41) is 19.6. The Morgan fingerprint density at radius 1 is 0.729 bits per heavy atom. The van der Waals surface area contributed by atoms with Gasteiger partial charge in [0.05, 0.1) is 5.71 Å². The first-order valence-electron chi connectivity index (χ1n) is 16.5. The Bertz CT molecular complexity index is 2170. The topological polar surface area (TPSA) is 86.4 Å². The second-order valence-electron chi connectivity index (χ2n) is 12.6. The normalized spacial score (nSPS) is 18.9. The van der Waals surface area contributed by atoms with Crippen molar-refractivity contribution in [3.8, 4) is 22.8 Å². The van der Waals surface area contributed by atoms with Gasteiger partial charge >= 0.3 is 0 Å². The fourth-order valence-corrected chi connectivity index (χ4v) is 6.51. The highest BCUT2D eigenvalue weighted by molar-refractivity contribution is 6.11. The van der Waals surface area contributed by atoms with Gasteiger partial charge in [-0.2, -0.15) is 0 Å². The van der Waals surface area contributed by atoms with Gasteiger partial charge in [-0.25, -0.2) is 15.0 Å². The van der Waals surface area contributed by atoms with Crippen LogP contribution >= 0.6 is 0 Å². The van der Waals surface area contributed by atoms with Crippen LogP contribution < -0.4 is 0 Å². The third-order valence-corrected chi connectivity index (χ3v) is 9.06. The van der Waals surface area contributed by atoms with Crippen LogP contribution in [0.2, 0.25) is 0 Å². The monoisotopic (exact) mass is 623 g/mol. The molecule has 2 aliphatic rings. The van der Waals surface area contributed by atoms with Crippen LogP contribution in [0, 0.1) is 28.6 Å². The second kappa shape index (κ2) is 13.5. The maximum absolute atomic E-state index is 8.89. The molecule has 5 aromatic rings. The molecule has 3 atom stereocenters. The first-order valence-corrected chi connectivity index (χ1v) is 16.5. The van der Waals surface area contributed by atoms with E-state index in [-0.39, 0.29) is 11.8 Å². The minimum absolute atomic E-state index is 0.0642. The maximum atomic E-state index is 8.89. The summed E-state index contributed by atoms with van der Waals surface area (Å²) in [6, 6.07) is 32.4. The number of nitrogens with zero attached hydrogens (tertiary/aromatic N) is 3. The number of rotatable bonds is 8. The Morgan fingerprint density at radius 2 is 1.44 bits per heavy atom. The smallest absolute Gasteiger partial charge is 0.164 e. The molecule has 0 aliphatic heterocycles. The lowest BCUT2D eigenvalue weighted by atomic mass is 9.80. The molecule has 0 radical (unpaired) electrons. The Hall–Kier alpha value is -5.81. The molecule has 0 saturated heterocycles. The summed E-state index contributed by atoms with van der Waals surface area (Å²) < 4.78 is 0. The van der Waals surface area contributed by atoms with Crippen molar-refractivity contribution in [1.82, 2.24) is 15.0 Å². The summed E-state index contributed by atoms with van der Waals surface area (Å²) in [5.74, 6) is 2.37. The van der Waals surface area contributed by atoms with Gasteiger partial charge < -0.3 is 10.8 Å². The lowest BCUT2D eigenvalue weighted by molar-refractivity contribution is 0.638. The van der Waals surface area contributed by atoms with Crippen LogP contribution in [0.15, 0.2) is 146 Å². The molecule has 5 heteroatoms. The van der Waals surface area contributed by atoms with Crippen molar-refractivity contribution in [1.29, 1.82) is 10.8 Å². The zero-order valence-corrected chi connectivity index (χ0v) is 27.1. The van der Waals surface area contributed by atoms with Gasteiger partial charge in [0.2, 0.25) is 0 Å². The van der Waals surface area contributed by atoms with Crippen LogP contribution in [-0.4, -0.2) is 26.4 Å². The van der Waals surface area contributed by atoms with E-state index in [1.807, 2.05) is 60.7 Å². The van der Waals surface area contributed by atoms with Crippen LogP contribution in [0.4, 0.5) is 0 Å². The van der Waals surface area contributed by atoms with Crippen molar-refractivity contribution in [2.75, 3.05) is 0 Å². The van der Waals surface area contributed by atoms with Gasteiger partial charge in [-0.05, 0) is 64.0 Å². The largest absolute Gasteiger partial charge is 0.305 e. The average molecular weight is 624 g/mol. The standard InChI is InChI=1S/C43H37N5/c1-28-12-11-18-34(26-28)42-46-41(32-16-7-4-8-17-32)47-43(48-42)37-23-20-30-13-9-10-19-36(30)40(37)33-21-22-35(29(2)27-33)39(45)25-24-38(44)31-14-5-3-6-15-31/h3-25,27-29,35,44-45H,26H2,1-2H3/b25-24-,44-38?,45-39?. The highest BCUT2D eigenvalue weighted by atomic mass is 15.0. The van der Waals surface area contributed by atoms with E-state index in [1.165, 1.54) is 0 Å². The molecular formula is C43H37N5. The lowest BCUT2D eigenvalue weighted by Crippen LogP contribution is -2.19. The molecule has 4 aromatic carbocycles. The molecule has 0 fully saturated rings. The number of hydrogen-bond acceptors (Lipinski definition) is 5. The third-order valence-electron chi connectivity index (χ3n) is 9.06. The van der Waals surface area contributed by atoms with E-state index in [0.717, 1.165) is 50.6 Å². The van der Waals surface area contributed by atoms with E-state index in [1.54, 1.807) is 12.2 Å².